The second-order valence-corrected chi connectivity index (χ2v) is 7.30. The predicted octanol–water partition coefficient (Wildman–Crippen LogP) is 3.74. The number of amides is 2. The molecule has 0 radical (unpaired) electrons. The summed E-state index contributed by atoms with van der Waals surface area (Å²) < 4.78 is 5.82. The van der Waals surface area contributed by atoms with Gasteiger partial charge in [0.1, 0.15) is 11.3 Å². The minimum atomic E-state index is -0.184. The van der Waals surface area contributed by atoms with Crippen LogP contribution < -0.4 is 5.32 Å². The number of halogens is 1. The maximum Gasteiger partial charge on any atom is 0.317 e. The van der Waals surface area contributed by atoms with E-state index >= 15 is 0 Å². The number of carbonyl (C=O) groups excluding carboxylic acids is 1. The Hall–Kier alpha value is -1.72. The number of carbonyl (C=O) groups is 1. The molecule has 1 aliphatic rings. The molecule has 0 aliphatic carbocycles. The summed E-state index contributed by atoms with van der Waals surface area (Å²) in [5, 5.41) is 4.66. The highest BCUT2D eigenvalue weighted by atomic mass is 35.5. The second-order valence-electron chi connectivity index (χ2n) is 6.87. The minimum Gasteiger partial charge on any atom is -0.459 e. The molecule has 24 heavy (non-hydrogen) atoms. The van der Waals surface area contributed by atoms with E-state index < -0.39 is 0 Å². The van der Waals surface area contributed by atoms with Gasteiger partial charge in [0, 0.05) is 30.0 Å². The van der Waals surface area contributed by atoms with Crippen molar-refractivity contribution < 1.29 is 9.21 Å². The molecule has 2 heterocycles. The van der Waals surface area contributed by atoms with E-state index in [1.54, 1.807) is 6.07 Å². The Kier molecular flexibility index (Phi) is 5.01. The fourth-order valence-electron chi connectivity index (χ4n) is 3.28. The van der Waals surface area contributed by atoms with E-state index in [0.717, 1.165) is 42.8 Å². The molecule has 6 heteroatoms. The van der Waals surface area contributed by atoms with E-state index in [9.17, 15) is 4.79 Å². The number of benzene rings is 1. The lowest BCUT2D eigenvalue weighted by molar-refractivity contribution is 0.200. The van der Waals surface area contributed by atoms with Crippen LogP contribution in [-0.2, 0) is 0 Å². The normalized spacial score (nSPS) is 19.2. The molecule has 2 aromatic rings. The number of rotatable bonds is 4. The zero-order valence-electron chi connectivity index (χ0n) is 14.4. The summed E-state index contributed by atoms with van der Waals surface area (Å²) in [5.41, 5.74) is 0.780. The monoisotopic (exact) mass is 349 g/mol. The molecule has 1 saturated heterocycles. The van der Waals surface area contributed by atoms with Crippen LogP contribution in [-0.4, -0.2) is 49.6 Å². The van der Waals surface area contributed by atoms with Gasteiger partial charge in [-0.25, -0.2) is 4.79 Å². The van der Waals surface area contributed by atoms with Gasteiger partial charge < -0.3 is 19.5 Å². The number of urea groups is 1. The van der Waals surface area contributed by atoms with Gasteiger partial charge in [0.05, 0.1) is 6.04 Å². The molecule has 1 aromatic carbocycles. The first-order chi connectivity index (χ1) is 11.4. The van der Waals surface area contributed by atoms with Crippen molar-refractivity contribution in [2.24, 2.45) is 5.92 Å². The molecule has 5 nitrogen and oxygen atoms in total. The third kappa shape index (κ3) is 3.84. The van der Waals surface area contributed by atoms with Crippen LogP contribution in [0.4, 0.5) is 4.79 Å². The van der Waals surface area contributed by atoms with Crippen LogP contribution in [0, 0.1) is 5.92 Å². The van der Waals surface area contributed by atoms with Gasteiger partial charge in [-0.15, -0.1) is 0 Å². The van der Waals surface area contributed by atoms with Crippen LogP contribution >= 0.6 is 11.6 Å². The lowest BCUT2D eigenvalue weighted by Crippen LogP contribution is -2.40. The van der Waals surface area contributed by atoms with Crippen molar-refractivity contribution in [3.05, 3.63) is 35.0 Å². The molecule has 1 aliphatic heterocycles. The molecule has 2 amide bonds. The van der Waals surface area contributed by atoms with Crippen molar-refractivity contribution in [2.75, 3.05) is 33.7 Å². The third-order valence-electron chi connectivity index (χ3n) is 4.46. The molecule has 2 atom stereocenters. The van der Waals surface area contributed by atoms with Crippen molar-refractivity contribution in [1.82, 2.24) is 15.1 Å². The fourth-order valence-corrected chi connectivity index (χ4v) is 3.46. The van der Waals surface area contributed by atoms with E-state index in [2.05, 4.69) is 24.3 Å². The Labute approximate surface area is 147 Å². The van der Waals surface area contributed by atoms with Crippen LogP contribution in [0.15, 0.2) is 28.7 Å². The first kappa shape index (κ1) is 17.1. The summed E-state index contributed by atoms with van der Waals surface area (Å²) in [5.74, 6) is 1.29. The highest BCUT2D eigenvalue weighted by molar-refractivity contribution is 6.31. The van der Waals surface area contributed by atoms with Gasteiger partial charge in [0.2, 0.25) is 0 Å². The van der Waals surface area contributed by atoms with E-state index in [4.69, 9.17) is 16.0 Å². The zero-order valence-corrected chi connectivity index (χ0v) is 15.1. The molecule has 3 rings (SSSR count). The highest BCUT2D eigenvalue weighted by Crippen LogP contribution is 2.26. The molecule has 0 unspecified atom stereocenters. The fraction of sp³-hybridized carbons (Fsp3) is 0.500. The van der Waals surface area contributed by atoms with Crippen molar-refractivity contribution in [3.63, 3.8) is 0 Å². The number of fused-ring (bicyclic) bond motifs is 1. The van der Waals surface area contributed by atoms with E-state index in [0.29, 0.717) is 10.9 Å². The predicted molar refractivity (Wildman–Crippen MR) is 96.4 cm³/mol. The molecule has 1 N–H and O–H groups in total. The summed E-state index contributed by atoms with van der Waals surface area (Å²) in [6.07, 6.45) is 1.06. The van der Waals surface area contributed by atoms with Crippen molar-refractivity contribution in [3.8, 4) is 0 Å². The number of nitrogens with one attached hydrogen (secondary N) is 1. The smallest absolute Gasteiger partial charge is 0.317 e. The molecule has 0 saturated carbocycles. The first-order valence-corrected chi connectivity index (χ1v) is 8.69. The lowest BCUT2D eigenvalue weighted by atomic mass is 10.1. The van der Waals surface area contributed by atoms with Crippen molar-refractivity contribution in [1.29, 1.82) is 0 Å². The average Bonchev–Trinajstić information content (AvgIpc) is 3.12. The summed E-state index contributed by atoms with van der Waals surface area (Å²) >= 11 is 6.01. The largest absolute Gasteiger partial charge is 0.459 e. The number of furan rings is 1. The molecule has 0 spiro atoms. The number of likely N-dealkylation sites (tertiary alicyclic amines) is 1. The maximum atomic E-state index is 12.5. The Morgan fingerprint density at radius 2 is 2.25 bits per heavy atom. The van der Waals surface area contributed by atoms with Crippen LogP contribution in [0.5, 0.6) is 0 Å². The van der Waals surface area contributed by atoms with Crippen LogP contribution in [0.2, 0.25) is 5.02 Å². The Morgan fingerprint density at radius 1 is 1.46 bits per heavy atom. The Morgan fingerprint density at radius 3 is 3.00 bits per heavy atom. The topological polar surface area (TPSA) is 48.7 Å². The summed E-state index contributed by atoms with van der Waals surface area (Å²) in [7, 11) is 4.14. The number of hydrogen-bond donors (Lipinski definition) is 1. The standard InChI is InChI=1S/C18H24ClN3O2/c1-12(17-9-14-8-15(19)4-5-16(14)24-17)20-18(23)22-7-6-13(11-22)10-21(2)3/h4-5,8-9,12-13H,6-7,10-11H2,1-3H3,(H,20,23)/t12-,13+/m0/s1. The molecule has 0 bridgehead atoms. The van der Waals surface area contributed by atoms with Gasteiger partial charge in [-0.2, -0.15) is 0 Å². The second kappa shape index (κ2) is 7.03. The van der Waals surface area contributed by atoms with Crippen LogP contribution in [0.25, 0.3) is 11.0 Å². The zero-order chi connectivity index (χ0) is 17.3. The summed E-state index contributed by atoms with van der Waals surface area (Å²) in [4.78, 5) is 16.5. The Bertz CT molecular complexity index is 728. The molecule has 1 fully saturated rings. The molecule has 1 aromatic heterocycles. The first-order valence-electron chi connectivity index (χ1n) is 8.31. The van der Waals surface area contributed by atoms with E-state index in [1.165, 1.54) is 0 Å². The minimum absolute atomic E-state index is 0.0257. The van der Waals surface area contributed by atoms with Gasteiger partial charge in [0.15, 0.2) is 0 Å². The van der Waals surface area contributed by atoms with Crippen molar-refractivity contribution in [2.45, 2.75) is 19.4 Å². The van der Waals surface area contributed by atoms with Gasteiger partial charge in [0.25, 0.3) is 0 Å². The van der Waals surface area contributed by atoms with Gasteiger partial charge in [-0.05, 0) is 57.6 Å². The van der Waals surface area contributed by atoms with Gasteiger partial charge in [-0.1, -0.05) is 11.6 Å². The van der Waals surface area contributed by atoms with Gasteiger partial charge in [-0.3, -0.25) is 0 Å². The highest BCUT2D eigenvalue weighted by Gasteiger charge is 2.27. The lowest BCUT2D eigenvalue weighted by Gasteiger charge is -2.21. The van der Waals surface area contributed by atoms with E-state index in [1.807, 2.05) is 30.0 Å². The number of hydrogen-bond acceptors (Lipinski definition) is 3. The van der Waals surface area contributed by atoms with Crippen LogP contribution in [0.1, 0.15) is 25.1 Å². The van der Waals surface area contributed by atoms with Crippen molar-refractivity contribution >= 4 is 28.6 Å². The van der Waals surface area contributed by atoms with Crippen LogP contribution in [0.3, 0.4) is 0 Å². The van der Waals surface area contributed by atoms with E-state index in [-0.39, 0.29) is 12.1 Å². The van der Waals surface area contributed by atoms with Gasteiger partial charge >= 0.3 is 6.03 Å². The third-order valence-corrected chi connectivity index (χ3v) is 4.70. The average molecular weight is 350 g/mol. The summed E-state index contributed by atoms with van der Waals surface area (Å²) in [6, 6.07) is 7.24. The molecular weight excluding hydrogens is 326 g/mol. The summed E-state index contributed by atoms with van der Waals surface area (Å²) in [6.45, 7) is 4.58. The quantitative estimate of drug-likeness (QED) is 0.914. The number of nitrogens with zero attached hydrogens (tertiary/aromatic N) is 2. The maximum absolute atomic E-state index is 12.5. The molecule has 130 valence electrons. The SMILES string of the molecule is C[C@H](NC(=O)N1CC[C@H](CN(C)C)C1)c1cc2cc(Cl)ccc2o1. The Balaban J connectivity index is 1.61. The molecular formula is C18H24ClN3O2.